The predicted molar refractivity (Wildman–Crippen MR) is 96.7 cm³/mol. The third-order valence-electron chi connectivity index (χ3n) is 3.42. The average molecular weight is 391 g/mol. The lowest BCUT2D eigenvalue weighted by Gasteiger charge is -2.09. The van der Waals surface area contributed by atoms with E-state index in [0.29, 0.717) is 5.70 Å². The normalized spacial score (nSPS) is 10.7. The Bertz CT molecular complexity index is 883. The van der Waals surface area contributed by atoms with Crippen LogP contribution in [0.3, 0.4) is 0 Å². The van der Waals surface area contributed by atoms with Crippen LogP contribution < -0.4 is 10.9 Å². The van der Waals surface area contributed by atoms with Crippen LogP contribution in [0.5, 0.6) is 0 Å². The predicted octanol–water partition coefficient (Wildman–Crippen LogP) is 3.23. The molecule has 2 heterocycles. The Labute approximate surface area is 146 Å². The van der Waals surface area contributed by atoms with Gasteiger partial charge in [0, 0.05) is 7.05 Å². The van der Waals surface area contributed by atoms with Crippen molar-refractivity contribution < 1.29 is 4.79 Å². The van der Waals surface area contributed by atoms with Crippen molar-refractivity contribution in [1.29, 1.82) is 0 Å². The molecule has 118 valence electrons. The highest BCUT2D eigenvalue weighted by atomic mass is 79.9. The lowest BCUT2D eigenvalue weighted by molar-refractivity contribution is -0.121. The Morgan fingerprint density at radius 3 is 2.78 bits per heavy atom. The maximum absolute atomic E-state index is 12.1. The first-order valence-corrected chi connectivity index (χ1v) is 8.55. The number of fused-ring (bicyclic) bond motifs is 1. The number of amides is 1. The van der Waals surface area contributed by atoms with Crippen molar-refractivity contribution in [3.63, 3.8) is 0 Å². The highest BCUT2D eigenvalue weighted by Crippen LogP contribution is 2.25. The second kappa shape index (κ2) is 6.55. The van der Waals surface area contributed by atoms with E-state index in [1.54, 1.807) is 11.3 Å². The highest BCUT2D eigenvalue weighted by Gasteiger charge is 2.12. The van der Waals surface area contributed by atoms with E-state index in [2.05, 4.69) is 38.3 Å². The topological polar surface area (TPSA) is 58.9 Å². The molecule has 1 aromatic carbocycles. The molecule has 0 fully saturated rings. The van der Waals surface area contributed by atoms with Gasteiger partial charge in [-0.3, -0.25) is 15.6 Å². The van der Waals surface area contributed by atoms with Crippen molar-refractivity contribution in [3.05, 3.63) is 57.5 Å². The van der Waals surface area contributed by atoms with Crippen LogP contribution in [-0.2, 0) is 18.3 Å². The molecule has 0 saturated carbocycles. The van der Waals surface area contributed by atoms with E-state index >= 15 is 0 Å². The van der Waals surface area contributed by atoms with Crippen molar-refractivity contribution in [2.75, 3.05) is 0 Å². The van der Waals surface area contributed by atoms with Crippen LogP contribution >= 0.6 is 27.3 Å². The second-order valence-corrected chi connectivity index (χ2v) is 7.47. The number of aryl methyl sites for hydroxylation is 1. The van der Waals surface area contributed by atoms with Crippen LogP contribution in [0.4, 0.5) is 0 Å². The SMILES string of the molecule is C=C(NNC(=O)Cc1nc2ccccc2n1C)c1ccc(Br)s1. The van der Waals surface area contributed by atoms with Gasteiger partial charge in [-0.2, -0.15) is 0 Å². The summed E-state index contributed by atoms with van der Waals surface area (Å²) in [4.78, 5) is 17.6. The Morgan fingerprint density at radius 2 is 2.09 bits per heavy atom. The van der Waals surface area contributed by atoms with Gasteiger partial charge in [0.15, 0.2) is 0 Å². The largest absolute Gasteiger partial charge is 0.331 e. The molecule has 0 radical (unpaired) electrons. The molecule has 3 rings (SSSR count). The molecule has 0 aliphatic carbocycles. The molecule has 0 atom stereocenters. The summed E-state index contributed by atoms with van der Waals surface area (Å²) < 4.78 is 2.95. The summed E-state index contributed by atoms with van der Waals surface area (Å²) in [6.07, 6.45) is 0.194. The number of carbonyl (C=O) groups excluding carboxylic acids is 1. The molecule has 23 heavy (non-hydrogen) atoms. The van der Waals surface area contributed by atoms with E-state index in [0.717, 1.165) is 25.5 Å². The van der Waals surface area contributed by atoms with Crippen LogP contribution in [0, 0.1) is 0 Å². The highest BCUT2D eigenvalue weighted by molar-refractivity contribution is 9.11. The summed E-state index contributed by atoms with van der Waals surface area (Å²) in [5.41, 5.74) is 8.05. The quantitative estimate of drug-likeness (QED) is 0.657. The fourth-order valence-electron chi connectivity index (χ4n) is 2.22. The summed E-state index contributed by atoms with van der Waals surface area (Å²) in [6.45, 7) is 3.91. The Morgan fingerprint density at radius 1 is 1.30 bits per heavy atom. The number of hydrogen-bond donors (Lipinski definition) is 2. The van der Waals surface area contributed by atoms with Gasteiger partial charge in [0.25, 0.3) is 0 Å². The molecular formula is C16H15BrN4OS. The number of para-hydroxylation sites is 2. The lowest BCUT2D eigenvalue weighted by atomic mass is 10.3. The number of carbonyl (C=O) groups is 1. The van der Waals surface area contributed by atoms with E-state index in [1.807, 2.05) is 48.0 Å². The van der Waals surface area contributed by atoms with E-state index in [1.165, 1.54) is 0 Å². The fourth-order valence-corrected chi connectivity index (χ4v) is 3.54. The number of nitrogens with zero attached hydrogens (tertiary/aromatic N) is 2. The zero-order valence-electron chi connectivity index (χ0n) is 12.5. The molecule has 3 aromatic rings. The summed E-state index contributed by atoms with van der Waals surface area (Å²) >= 11 is 4.94. The zero-order chi connectivity index (χ0) is 16.4. The maximum Gasteiger partial charge on any atom is 0.245 e. The van der Waals surface area contributed by atoms with Crippen molar-refractivity contribution in [1.82, 2.24) is 20.4 Å². The molecule has 7 heteroatoms. The van der Waals surface area contributed by atoms with Crippen LogP contribution in [0.1, 0.15) is 10.7 Å². The minimum Gasteiger partial charge on any atom is -0.331 e. The van der Waals surface area contributed by atoms with Gasteiger partial charge in [-0.1, -0.05) is 18.7 Å². The van der Waals surface area contributed by atoms with E-state index in [4.69, 9.17) is 0 Å². The fraction of sp³-hybridized carbons (Fsp3) is 0.125. The third kappa shape index (κ3) is 3.46. The number of nitrogens with one attached hydrogen (secondary N) is 2. The first kappa shape index (κ1) is 15.8. The van der Waals surface area contributed by atoms with Crippen molar-refractivity contribution in [3.8, 4) is 0 Å². The summed E-state index contributed by atoms with van der Waals surface area (Å²) in [6, 6.07) is 11.7. The monoisotopic (exact) mass is 390 g/mol. The van der Waals surface area contributed by atoms with Crippen LogP contribution in [0.2, 0.25) is 0 Å². The molecule has 0 aliphatic rings. The van der Waals surface area contributed by atoms with Gasteiger partial charge in [0.2, 0.25) is 5.91 Å². The number of thiophene rings is 1. The minimum absolute atomic E-state index is 0.167. The Balaban J connectivity index is 1.62. The standard InChI is InChI=1S/C16H15BrN4OS/c1-10(13-7-8-14(17)23-13)19-20-16(22)9-15-18-11-5-3-4-6-12(11)21(15)2/h3-8,19H,1,9H2,2H3,(H,20,22). The number of halogens is 1. The van der Waals surface area contributed by atoms with Gasteiger partial charge in [-0.15, -0.1) is 11.3 Å². The minimum atomic E-state index is -0.167. The van der Waals surface area contributed by atoms with Crippen molar-refractivity contribution >= 4 is 49.9 Å². The Hall–Kier alpha value is -2.12. The molecule has 0 aliphatic heterocycles. The molecular weight excluding hydrogens is 376 g/mol. The van der Waals surface area contributed by atoms with Crippen molar-refractivity contribution in [2.45, 2.75) is 6.42 Å². The first-order valence-electron chi connectivity index (χ1n) is 6.94. The van der Waals surface area contributed by atoms with Gasteiger partial charge in [-0.25, -0.2) is 4.98 Å². The van der Waals surface area contributed by atoms with Gasteiger partial charge < -0.3 is 4.57 Å². The van der Waals surface area contributed by atoms with Crippen LogP contribution in [0.25, 0.3) is 16.7 Å². The number of hydrazine groups is 1. The lowest BCUT2D eigenvalue weighted by Crippen LogP contribution is -2.37. The smallest absolute Gasteiger partial charge is 0.245 e. The number of benzene rings is 1. The molecule has 0 spiro atoms. The molecule has 5 nitrogen and oxygen atoms in total. The number of hydrogen-bond acceptors (Lipinski definition) is 4. The summed E-state index contributed by atoms with van der Waals surface area (Å²) in [7, 11) is 1.91. The van der Waals surface area contributed by atoms with Crippen molar-refractivity contribution in [2.24, 2.45) is 7.05 Å². The number of aromatic nitrogens is 2. The molecule has 1 amide bonds. The van der Waals surface area contributed by atoms with Crippen LogP contribution in [0.15, 0.2) is 46.8 Å². The Kier molecular flexibility index (Phi) is 4.49. The molecule has 0 bridgehead atoms. The second-order valence-electron chi connectivity index (χ2n) is 5.01. The van der Waals surface area contributed by atoms with E-state index in [-0.39, 0.29) is 12.3 Å². The first-order chi connectivity index (χ1) is 11.0. The van der Waals surface area contributed by atoms with Gasteiger partial charge in [0.05, 0.1) is 31.8 Å². The zero-order valence-corrected chi connectivity index (χ0v) is 14.9. The molecule has 2 N–H and O–H groups in total. The summed E-state index contributed by atoms with van der Waals surface area (Å²) in [5.74, 6) is 0.551. The molecule has 2 aromatic heterocycles. The van der Waals surface area contributed by atoms with Gasteiger partial charge in [-0.05, 0) is 40.2 Å². The van der Waals surface area contributed by atoms with Gasteiger partial charge in [0.1, 0.15) is 5.82 Å². The van der Waals surface area contributed by atoms with Crippen LogP contribution in [-0.4, -0.2) is 15.5 Å². The summed E-state index contributed by atoms with van der Waals surface area (Å²) in [5, 5.41) is 0. The number of imidazole rings is 1. The third-order valence-corrected chi connectivity index (χ3v) is 5.11. The molecule has 0 unspecified atom stereocenters. The maximum atomic E-state index is 12.1. The van der Waals surface area contributed by atoms with E-state index < -0.39 is 0 Å². The van der Waals surface area contributed by atoms with E-state index in [9.17, 15) is 4.79 Å². The molecule has 0 saturated heterocycles. The average Bonchev–Trinajstić information content (AvgIpc) is 3.10. The van der Waals surface area contributed by atoms with Gasteiger partial charge >= 0.3 is 0 Å². The number of rotatable bonds is 5.